The molecule has 1 fully saturated rings. The van der Waals surface area contributed by atoms with Crippen LogP contribution in [0.15, 0.2) is 67.0 Å². The quantitative estimate of drug-likeness (QED) is 0.416. The molecule has 1 saturated carbocycles. The van der Waals surface area contributed by atoms with E-state index in [4.69, 9.17) is 0 Å². The number of halogens is 3. The highest BCUT2D eigenvalue weighted by Gasteiger charge is 2.42. The summed E-state index contributed by atoms with van der Waals surface area (Å²) in [5, 5.41) is 12.3. The molecule has 192 valence electrons. The Balaban J connectivity index is 1.43. The first-order chi connectivity index (χ1) is 17.6. The Hall–Kier alpha value is -4.21. The summed E-state index contributed by atoms with van der Waals surface area (Å²) in [7, 11) is 0. The van der Waals surface area contributed by atoms with Crippen molar-refractivity contribution in [1.29, 1.82) is 0 Å². The van der Waals surface area contributed by atoms with Crippen LogP contribution in [0, 0.1) is 0 Å². The van der Waals surface area contributed by atoms with Gasteiger partial charge in [0, 0.05) is 30.1 Å². The molecule has 4 rings (SSSR count). The van der Waals surface area contributed by atoms with Crippen LogP contribution in [-0.2, 0) is 17.5 Å². The van der Waals surface area contributed by atoms with Gasteiger partial charge in [0.25, 0.3) is 5.91 Å². The van der Waals surface area contributed by atoms with E-state index in [0.29, 0.717) is 24.0 Å². The van der Waals surface area contributed by atoms with Gasteiger partial charge in [-0.1, -0.05) is 49.3 Å². The van der Waals surface area contributed by atoms with E-state index in [1.165, 1.54) is 6.20 Å². The van der Waals surface area contributed by atoms with E-state index in [1.54, 1.807) is 47.2 Å². The van der Waals surface area contributed by atoms with Crippen molar-refractivity contribution in [3.63, 3.8) is 0 Å². The summed E-state index contributed by atoms with van der Waals surface area (Å²) >= 11 is 0. The molecule has 2 N–H and O–H groups in total. The van der Waals surface area contributed by atoms with Crippen LogP contribution in [0.4, 0.5) is 13.2 Å². The van der Waals surface area contributed by atoms with E-state index in [1.807, 2.05) is 0 Å². The molecule has 7 nitrogen and oxygen atoms in total. The predicted molar refractivity (Wildman–Crippen MR) is 129 cm³/mol. The first-order valence-corrected chi connectivity index (χ1v) is 11.6. The van der Waals surface area contributed by atoms with Crippen LogP contribution in [0.3, 0.4) is 0 Å². The number of carbonyl (C=O) groups is 3. The molecule has 0 atom stereocenters. The maximum Gasteiger partial charge on any atom is 0.416 e. The number of nitrogens with zero attached hydrogens (tertiary/aromatic N) is 2. The highest BCUT2D eigenvalue weighted by atomic mass is 19.4. The molecule has 37 heavy (non-hydrogen) atoms. The molecular weight excluding hydrogens is 487 g/mol. The van der Waals surface area contributed by atoms with E-state index in [-0.39, 0.29) is 17.9 Å². The van der Waals surface area contributed by atoms with Crippen molar-refractivity contribution in [1.82, 2.24) is 14.9 Å². The number of hydrogen-bond acceptors (Lipinski definition) is 4. The molecule has 1 aromatic heterocycles. The number of allylic oxidation sites excluding steroid dienone is 1. The van der Waals surface area contributed by atoms with Crippen molar-refractivity contribution in [3.05, 3.63) is 95.1 Å². The van der Waals surface area contributed by atoms with Crippen LogP contribution >= 0.6 is 0 Å². The van der Waals surface area contributed by atoms with E-state index in [0.717, 1.165) is 37.1 Å². The van der Waals surface area contributed by atoms with Crippen LogP contribution in [0.25, 0.3) is 6.08 Å². The Labute approximate surface area is 210 Å². The fourth-order valence-electron chi connectivity index (χ4n) is 4.35. The predicted octanol–water partition coefficient (Wildman–Crippen LogP) is 4.97. The van der Waals surface area contributed by atoms with E-state index < -0.39 is 34.9 Å². The highest BCUT2D eigenvalue weighted by molar-refractivity contribution is 6.06. The molecule has 1 heterocycles. The number of carboxylic acids is 1. The van der Waals surface area contributed by atoms with Gasteiger partial charge < -0.3 is 15.0 Å². The second-order valence-corrected chi connectivity index (χ2v) is 8.88. The van der Waals surface area contributed by atoms with Gasteiger partial charge in [-0.05, 0) is 42.7 Å². The largest absolute Gasteiger partial charge is 0.480 e. The van der Waals surface area contributed by atoms with E-state index >= 15 is 0 Å². The lowest BCUT2D eigenvalue weighted by Gasteiger charge is -2.25. The Morgan fingerprint density at radius 1 is 1.05 bits per heavy atom. The Morgan fingerprint density at radius 3 is 2.41 bits per heavy atom. The lowest BCUT2D eigenvalue weighted by Crippen LogP contribution is -2.52. The van der Waals surface area contributed by atoms with Crippen LogP contribution in [0.1, 0.15) is 63.4 Å². The van der Waals surface area contributed by atoms with Crippen molar-refractivity contribution in [2.24, 2.45) is 0 Å². The number of benzene rings is 2. The van der Waals surface area contributed by atoms with Gasteiger partial charge in [-0.2, -0.15) is 13.2 Å². The summed E-state index contributed by atoms with van der Waals surface area (Å²) in [5.41, 5.74) is -0.966. The zero-order valence-electron chi connectivity index (χ0n) is 19.7. The number of rotatable bonds is 8. The second-order valence-electron chi connectivity index (χ2n) is 8.88. The second kappa shape index (κ2) is 10.4. The van der Waals surface area contributed by atoms with Crippen LogP contribution < -0.4 is 5.32 Å². The number of carbonyl (C=O) groups excluding carboxylic acids is 2. The van der Waals surface area contributed by atoms with Crippen molar-refractivity contribution in [2.45, 2.75) is 43.9 Å². The molecule has 10 heteroatoms. The fraction of sp³-hybridized carbons (Fsp3) is 0.259. The molecular formula is C27H24F3N3O4. The summed E-state index contributed by atoms with van der Waals surface area (Å²) in [4.78, 5) is 41.3. The number of aliphatic carboxylic acids is 1. The van der Waals surface area contributed by atoms with Crippen LogP contribution in [0.2, 0.25) is 0 Å². The SMILES string of the molecule is O=C(NC1(C(=O)O)CCCC1)c1cccc(/C=C/Cn2ccnc2C(=O)c2ccc(C(F)(F)F)cc2)c1. The van der Waals surface area contributed by atoms with Crippen LogP contribution in [-0.4, -0.2) is 37.9 Å². The average molecular weight is 512 g/mol. The zero-order valence-corrected chi connectivity index (χ0v) is 19.7. The third-order valence-electron chi connectivity index (χ3n) is 6.37. The molecule has 2 aromatic carbocycles. The van der Waals surface area contributed by atoms with Gasteiger partial charge in [-0.15, -0.1) is 0 Å². The summed E-state index contributed by atoms with van der Waals surface area (Å²) in [6.07, 6.45) is 4.29. The molecule has 1 aliphatic rings. The number of carboxylic acid groups (broad SMARTS) is 1. The molecule has 3 aromatic rings. The average Bonchev–Trinajstić information content (AvgIpc) is 3.54. The summed E-state index contributed by atoms with van der Waals surface area (Å²) < 4.78 is 39.9. The third-order valence-corrected chi connectivity index (χ3v) is 6.37. The Bertz CT molecular complexity index is 1340. The number of imidazole rings is 1. The van der Waals surface area contributed by atoms with Crippen molar-refractivity contribution < 1.29 is 32.7 Å². The van der Waals surface area contributed by atoms with Gasteiger partial charge in [-0.25, -0.2) is 9.78 Å². The molecule has 0 unspecified atom stereocenters. The monoisotopic (exact) mass is 511 g/mol. The number of hydrogen-bond donors (Lipinski definition) is 2. The maximum absolute atomic E-state index is 12.8. The van der Waals surface area contributed by atoms with Crippen LogP contribution in [0.5, 0.6) is 0 Å². The summed E-state index contributed by atoms with van der Waals surface area (Å²) in [5.74, 6) is -1.92. The Morgan fingerprint density at radius 2 is 1.76 bits per heavy atom. The first kappa shape index (κ1) is 25.9. The smallest absolute Gasteiger partial charge is 0.416 e. The van der Waals surface area contributed by atoms with Gasteiger partial charge in [0.2, 0.25) is 5.78 Å². The number of alkyl halides is 3. The fourth-order valence-corrected chi connectivity index (χ4v) is 4.35. The lowest BCUT2D eigenvalue weighted by molar-refractivity contribution is -0.144. The van der Waals surface area contributed by atoms with Crippen molar-refractivity contribution in [2.75, 3.05) is 0 Å². The van der Waals surface area contributed by atoms with Crippen molar-refractivity contribution >= 4 is 23.7 Å². The Kier molecular flexibility index (Phi) is 7.28. The third kappa shape index (κ3) is 5.79. The highest BCUT2D eigenvalue weighted by Crippen LogP contribution is 2.31. The molecule has 1 amide bonds. The zero-order chi connectivity index (χ0) is 26.6. The minimum absolute atomic E-state index is 0.0769. The summed E-state index contributed by atoms with van der Waals surface area (Å²) in [6, 6.07) is 10.7. The lowest BCUT2D eigenvalue weighted by atomic mass is 9.97. The minimum Gasteiger partial charge on any atom is -0.480 e. The van der Waals surface area contributed by atoms with E-state index in [9.17, 15) is 32.7 Å². The minimum atomic E-state index is -4.49. The topological polar surface area (TPSA) is 101 Å². The van der Waals surface area contributed by atoms with E-state index in [2.05, 4.69) is 10.3 Å². The molecule has 0 aliphatic heterocycles. The standard InChI is InChI=1S/C27H24F3N3O4/c28-27(29,30)21-10-8-19(9-11-21)22(34)23-31-14-16-33(23)15-4-6-18-5-3-7-20(17-18)24(35)32-26(25(36)37)12-1-2-13-26/h3-11,14,16-17H,1-2,12-13,15H2,(H,32,35)(H,36,37)/b6-4+. The molecule has 0 bridgehead atoms. The normalized spacial score (nSPS) is 15.1. The first-order valence-electron chi connectivity index (χ1n) is 11.6. The van der Waals surface area contributed by atoms with Gasteiger partial charge in [-0.3, -0.25) is 9.59 Å². The number of ketones is 1. The molecule has 0 spiro atoms. The maximum atomic E-state index is 12.8. The number of nitrogens with one attached hydrogen (secondary N) is 1. The van der Waals surface area contributed by atoms with Crippen molar-refractivity contribution in [3.8, 4) is 0 Å². The van der Waals surface area contributed by atoms with Gasteiger partial charge in [0.05, 0.1) is 5.56 Å². The van der Waals surface area contributed by atoms with Gasteiger partial charge >= 0.3 is 12.1 Å². The van der Waals surface area contributed by atoms with Gasteiger partial charge in [0.1, 0.15) is 5.54 Å². The summed E-state index contributed by atoms with van der Waals surface area (Å²) in [6.45, 7) is 0.250. The molecule has 0 saturated heterocycles. The number of aromatic nitrogens is 2. The van der Waals surface area contributed by atoms with Gasteiger partial charge in [0.15, 0.2) is 5.82 Å². The molecule has 0 radical (unpaired) electrons. The number of amides is 1. The molecule has 1 aliphatic carbocycles.